The van der Waals surface area contributed by atoms with Gasteiger partial charge in [-0.2, -0.15) is 4.31 Å². The van der Waals surface area contributed by atoms with E-state index in [9.17, 15) is 13.2 Å². The molecule has 5 rings (SSSR count). The Morgan fingerprint density at radius 3 is 2.62 bits per heavy atom. The number of amides is 1. The molecule has 1 N–H and O–H groups in total. The molecule has 0 aromatic heterocycles. The van der Waals surface area contributed by atoms with Gasteiger partial charge in [-0.15, -0.1) is 0 Å². The van der Waals surface area contributed by atoms with Crippen LogP contribution in [0.25, 0.3) is 0 Å². The first-order valence-electron chi connectivity index (χ1n) is 10.7. The maximum atomic E-state index is 13.3. The van der Waals surface area contributed by atoms with Crippen molar-refractivity contribution in [3.05, 3.63) is 95.1 Å². The predicted octanol–water partition coefficient (Wildman–Crippen LogP) is 3.69. The molecule has 7 heteroatoms. The molecule has 2 aliphatic heterocycles. The highest BCUT2D eigenvalue weighted by atomic mass is 32.2. The van der Waals surface area contributed by atoms with Crippen molar-refractivity contribution in [2.24, 2.45) is 0 Å². The Kier molecular flexibility index (Phi) is 5.45. The summed E-state index contributed by atoms with van der Waals surface area (Å²) in [6.07, 6.45) is 1.34. The number of nitrogens with one attached hydrogen (secondary N) is 1. The lowest BCUT2D eigenvalue weighted by Gasteiger charge is -2.28. The van der Waals surface area contributed by atoms with E-state index in [2.05, 4.69) is 5.32 Å². The Hall–Kier alpha value is -3.16. The highest BCUT2D eigenvalue weighted by Gasteiger charge is 2.29. The Morgan fingerprint density at radius 1 is 0.969 bits per heavy atom. The molecule has 6 nitrogen and oxygen atoms in total. The van der Waals surface area contributed by atoms with Crippen LogP contribution in [-0.2, 0) is 23.0 Å². The summed E-state index contributed by atoms with van der Waals surface area (Å²) in [5.41, 5.74) is 3.47. The maximum Gasteiger partial charge on any atom is 0.251 e. The fraction of sp³-hybridized carbons (Fsp3) is 0.240. The van der Waals surface area contributed by atoms with Gasteiger partial charge in [-0.05, 0) is 41.8 Å². The van der Waals surface area contributed by atoms with Gasteiger partial charge in [-0.25, -0.2) is 8.42 Å². The Labute approximate surface area is 187 Å². The van der Waals surface area contributed by atoms with E-state index in [1.807, 2.05) is 48.5 Å². The number of nitrogens with zero attached hydrogens (tertiary/aromatic N) is 1. The first-order chi connectivity index (χ1) is 15.5. The number of carbonyl (C=O) groups excluding carboxylic acids is 1. The molecule has 1 unspecified atom stereocenters. The van der Waals surface area contributed by atoms with Gasteiger partial charge in [-0.1, -0.05) is 48.5 Å². The zero-order chi connectivity index (χ0) is 22.1. The van der Waals surface area contributed by atoms with Crippen LogP contribution >= 0.6 is 0 Å². The maximum absolute atomic E-state index is 13.3. The lowest BCUT2D eigenvalue weighted by atomic mass is 10.00. The number of rotatable bonds is 4. The summed E-state index contributed by atoms with van der Waals surface area (Å²) >= 11 is 0. The third-order valence-electron chi connectivity index (χ3n) is 6.09. The minimum absolute atomic E-state index is 0.136. The lowest BCUT2D eigenvalue weighted by Crippen LogP contribution is -2.36. The van der Waals surface area contributed by atoms with Crippen molar-refractivity contribution in [3.63, 3.8) is 0 Å². The van der Waals surface area contributed by atoms with Gasteiger partial charge in [0.2, 0.25) is 10.0 Å². The second-order valence-electron chi connectivity index (χ2n) is 8.09. The van der Waals surface area contributed by atoms with Crippen molar-refractivity contribution in [2.75, 3.05) is 13.2 Å². The Bertz CT molecular complexity index is 1270. The van der Waals surface area contributed by atoms with Crippen LogP contribution in [0.15, 0.2) is 77.7 Å². The first-order valence-corrected chi connectivity index (χ1v) is 12.2. The summed E-state index contributed by atoms with van der Waals surface area (Å²) < 4.78 is 33.8. The van der Waals surface area contributed by atoms with Gasteiger partial charge in [0.05, 0.1) is 17.5 Å². The van der Waals surface area contributed by atoms with E-state index >= 15 is 0 Å². The molecule has 0 spiro atoms. The van der Waals surface area contributed by atoms with Crippen molar-refractivity contribution in [1.29, 1.82) is 0 Å². The number of ether oxygens (including phenoxy) is 1. The summed E-state index contributed by atoms with van der Waals surface area (Å²) in [5.74, 6) is 0.471. The van der Waals surface area contributed by atoms with Crippen molar-refractivity contribution in [3.8, 4) is 5.75 Å². The largest absolute Gasteiger partial charge is 0.493 e. The van der Waals surface area contributed by atoms with Crippen LogP contribution in [0.5, 0.6) is 5.75 Å². The van der Waals surface area contributed by atoms with E-state index in [1.54, 1.807) is 18.2 Å². The van der Waals surface area contributed by atoms with Crippen LogP contribution in [0.3, 0.4) is 0 Å². The molecule has 32 heavy (non-hydrogen) atoms. The highest BCUT2D eigenvalue weighted by Crippen LogP contribution is 2.32. The van der Waals surface area contributed by atoms with Crippen molar-refractivity contribution in [1.82, 2.24) is 9.62 Å². The fourth-order valence-corrected chi connectivity index (χ4v) is 5.82. The third kappa shape index (κ3) is 3.89. The van der Waals surface area contributed by atoms with Gasteiger partial charge in [0, 0.05) is 30.6 Å². The number of para-hydroxylation sites is 1. The Balaban J connectivity index is 1.36. The van der Waals surface area contributed by atoms with Crippen LogP contribution < -0.4 is 10.1 Å². The molecule has 0 aliphatic carbocycles. The molecule has 0 radical (unpaired) electrons. The molecule has 164 valence electrons. The highest BCUT2D eigenvalue weighted by molar-refractivity contribution is 7.89. The third-order valence-corrected chi connectivity index (χ3v) is 7.93. The molecule has 1 atom stereocenters. The number of sulfonamides is 1. The van der Waals surface area contributed by atoms with Crippen LogP contribution in [0.1, 0.15) is 39.5 Å². The SMILES string of the molecule is O=C(NC1CCOc2ccccc21)c1cccc(S(=O)(=O)N2CCc3ccccc3C2)c1. The van der Waals surface area contributed by atoms with E-state index in [-0.39, 0.29) is 16.8 Å². The molecular weight excluding hydrogens is 424 g/mol. The zero-order valence-electron chi connectivity index (χ0n) is 17.5. The van der Waals surface area contributed by atoms with Crippen molar-refractivity contribution in [2.45, 2.75) is 30.3 Å². The molecule has 2 aliphatic rings. The molecule has 0 bridgehead atoms. The average molecular weight is 449 g/mol. The van der Waals surface area contributed by atoms with Crippen LogP contribution in [0.2, 0.25) is 0 Å². The number of benzene rings is 3. The zero-order valence-corrected chi connectivity index (χ0v) is 18.3. The smallest absolute Gasteiger partial charge is 0.251 e. The molecule has 1 amide bonds. The minimum atomic E-state index is -3.71. The monoisotopic (exact) mass is 448 g/mol. The topological polar surface area (TPSA) is 75.7 Å². The van der Waals surface area contributed by atoms with Gasteiger partial charge < -0.3 is 10.1 Å². The average Bonchev–Trinajstić information content (AvgIpc) is 2.84. The molecule has 0 saturated carbocycles. The van der Waals surface area contributed by atoms with Crippen LogP contribution in [-0.4, -0.2) is 31.8 Å². The quantitative estimate of drug-likeness (QED) is 0.661. The number of hydrogen-bond acceptors (Lipinski definition) is 4. The standard InChI is InChI=1S/C25H24N2O4S/c28-25(26-23-13-15-31-24-11-4-3-10-22(23)24)19-8-5-9-21(16-19)32(29,30)27-14-12-18-6-1-2-7-20(18)17-27/h1-11,16,23H,12-15,17H2,(H,26,28). The van der Waals surface area contributed by atoms with E-state index in [0.717, 1.165) is 16.9 Å². The lowest BCUT2D eigenvalue weighted by molar-refractivity contribution is 0.0924. The summed E-state index contributed by atoms with van der Waals surface area (Å²) in [6, 6.07) is 21.7. The second-order valence-corrected chi connectivity index (χ2v) is 10.0. The Morgan fingerprint density at radius 2 is 1.75 bits per heavy atom. The summed E-state index contributed by atoms with van der Waals surface area (Å²) in [5, 5.41) is 3.04. The molecule has 0 fully saturated rings. The molecule has 3 aromatic rings. The second kappa shape index (κ2) is 8.41. The molecular formula is C25H24N2O4S. The molecule has 0 saturated heterocycles. The van der Waals surface area contributed by atoms with Crippen LogP contribution in [0.4, 0.5) is 0 Å². The van der Waals surface area contributed by atoms with E-state index < -0.39 is 10.0 Å². The van der Waals surface area contributed by atoms with Crippen LogP contribution in [0, 0.1) is 0 Å². The normalized spacial score (nSPS) is 18.2. The first kappa shape index (κ1) is 20.7. The van der Waals surface area contributed by atoms with Gasteiger partial charge in [0.15, 0.2) is 0 Å². The summed E-state index contributed by atoms with van der Waals surface area (Å²) in [7, 11) is -3.71. The number of fused-ring (bicyclic) bond motifs is 2. The fourth-order valence-electron chi connectivity index (χ4n) is 4.36. The summed E-state index contributed by atoms with van der Waals surface area (Å²) in [6.45, 7) is 1.29. The number of hydrogen-bond donors (Lipinski definition) is 1. The minimum Gasteiger partial charge on any atom is -0.493 e. The van der Waals surface area contributed by atoms with E-state index in [4.69, 9.17) is 4.74 Å². The van der Waals surface area contributed by atoms with Gasteiger partial charge in [0.1, 0.15) is 5.75 Å². The predicted molar refractivity (Wildman–Crippen MR) is 121 cm³/mol. The van der Waals surface area contributed by atoms with E-state index in [1.165, 1.54) is 15.9 Å². The van der Waals surface area contributed by atoms with Gasteiger partial charge in [-0.3, -0.25) is 4.79 Å². The van der Waals surface area contributed by atoms with E-state index in [0.29, 0.717) is 38.1 Å². The van der Waals surface area contributed by atoms with Crippen molar-refractivity contribution >= 4 is 15.9 Å². The number of carbonyl (C=O) groups is 1. The van der Waals surface area contributed by atoms with Gasteiger partial charge >= 0.3 is 0 Å². The molecule has 2 heterocycles. The summed E-state index contributed by atoms with van der Waals surface area (Å²) in [4.78, 5) is 13.1. The molecule has 3 aromatic carbocycles. The van der Waals surface area contributed by atoms with Crippen molar-refractivity contribution < 1.29 is 17.9 Å². The van der Waals surface area contributed by atoms with Gasteiger partial charge in [0.25, 0.3) is 5.91 Å².